The fourth-order valence-corrected chi connectivity index (χ4v) is 2.24. The lowest BCUT2D eigenvalue weighted by Crippen LogP contribution is -2.15. The summed E-state index contributed by atoms with van der Waals surface area (Å²) in [5, 5.41) is 9.43. The Hall–Kier alpha value is -2.82. The van der Waals surface area contributed by atoms with Gasteiger partial charge < -0.3 is 14.6 Å². The van der Waals surface area contributed by atoms with Crippen molar-refractivity contribution in [1.29, 1.82) is 0 Å². The van der Waals surface area contributed by atoms with E-state index >= 15 is 0 Å². The number of ether oxygens (including phenoxy) is 2. The molecule has 1 heterocycles. The van der Waals surface area contributed by atoms with Crippen LogP contribution in [0.2, 0.25) is 0 Å². The van der Waals surface area contributed by atoms with Crippen molar-refractivity contribution in [2.45, 2.75) is 0 Å². The van der Waals surface area contributed by atoms with Crippen LogP contribution in [-0.4, -0.2) is 24.3 Å². The lowest BCUT2D eigenvalue weighted by molar-refractivity contribution is -0.130. The van der Waals surface area contributed by atoms with E-state index < -0.39 is 11.8 Å². The molecule has 1 aliphatic rings. The maximum absolute atomic E-state index is 13.2. The summed E-state index contributed by atoms with van der Waals surface area (Å²) in [7, 11) is 0. The number of hydrogen-bond donors (Lipinski definition) is 1. The highest BCUT2D eigenvalue weighted by molar-refractivity contribution is 6.20. The molecule has 0 fully saturated rings. The van der Waals surface area contributed by atoms with Crippen molar-refractivity contribution in [2.75, 3.05) is 13.2 Å². The molecule has 0 unspecified atom stereocenters. The molecule has 0 aliphatic carbocycles. The summed E-state index contributed by atoms with van der Waals surface area (Å²) in [6, 6.07) is 10.7. The second-order valence-electron chi connectivity index (χ2n) is 4.78. The van der Waals surface area contributed by atoms with E-state index in [-0.39, 0.29) is 5.57 Å². The zero-order chi connectivity index (χ0) is 15.5. The van der Waals surface area contributed by atoms with Gasteiger partial charge in [0.15, 0.2) is 11.5 Å². The summed E-state index contributed by atoms with van der Waals surface area (Å²) in [5.74, 6) is -0.415. The van der Waals surface area contributed by atoms with Crippen molar-refractivity contribution in [2.24, 2.45) is 0 Å². The average Bonchev–Trinajstić information content (AvgIpc) is 2.52. The van der Waals surface area contributed by atoms with Gasteiger partial charge in [0.05, 0.1) is 5.57 Å². The van der Waals surface area contributed by atoms with Gasteiger partial charge in [0.25, 0.3) is 0 Å². The van der Waals surface area contributed by atoms with Crippen molar-refractivity contribution in [3.8, 4) is 11.5 Å². The van der Waals surface area contributed by atoms with Gasteiger partial charge in [0, 0.05) is 0 Å². The number of fused-ring (bicyclic) bond motifs is 1. The Morgan fingerprint density at radius 2 is 1.86 bits per heavy atom. The molecule has 0 radical (unpaired) electrons. The van der Waals surface area contributed by atoms with Crippen molar-refractivity contribution in [1.82, 2.24) is 0 Å². The average molecular weight is 300 g/mol. The highest BCUT2D eigenvalue weighted by Crippen LogP contribution is 2.33. The van der Waals surface area contributed by atoms with Crippen molar-refractivity contribution < 1.29 is 23.8 Å². The van der Waals surface area contributed by atoms with Crippen LogP contribution in [0.1, 0.15) is 11.1 Å². The van der Waals surface area contributed by atoms with Crippen molar-refractivity contribution in [3.05, 3.63) is 59.4 Å². The minimum atomic E-state index is -1.10. The van der Waals surface area contributed by atoms with Gasteiger partial charge in [-0.05, 0) is 41.5 Å². The van der Waals surface area contributed by atoms with Gasteiger partial charge in [-0.3, -0.25) is 0 Å². The SMILES string of the molecule is O=C(O)/C(=C\c1cccc(F)c1)c1ccc2c(c1)OCCO2. The minimum absolute atomic E-state index is 0.0579. The smallest absolute Gasteiger partial charge is 0.336 e. The summed E-state index contributed by atoms with van der Waals surface area (Å²) in [4.78, 5) is 11.5. The zero-order valence-electron chi connectivity index (χ0n) is 11.6. The molecule has 0 saturated heterocycles. The van der Waals surface area contributed by atoms with Crippen LogP contribution in [0.5, 0.6) is 11.5 Å². The van der Waals surface area contributed by atoms with Crippen LogP contribution in [0.3, 0.4) is 0 Å². The van der Waals surface area contributed by atoms with E-state index in [4.69, 9.17) is 9.47 Å². The first kappa shape index (κ1) is 14.1. The van der Waals surface area contributed by atoms with Crippen LogP contribution in [-0.2, 0) is 4.79 Å². The Kier molecular flexibility index (Phi) is 3.78. The molecule has 0 spiro atoms. The van der Waals surface area contributed by atoms with E-state index in [1.165, 1.54) is 24.3 Å². The van der Waals surface area contributed by atoms with Crippen LogP contribution in [0.15, 0.2) is 42.5 Å². The monoisotopic (exact) mass is 300 g/mol. The molecule has 4 nitrogen and oxygen atoms in total. The maximum Gasteiger partial charge on any atom is 0.336 e. The molecule has 2 aromatic rings. The fraction of sp³-hybridized carbons (Fsp3) is 0.118. The molecule has 3 rings (SSSR count). The Labute approximate surface area is 126 Å². The molecule has 22 heavy (non-hydrogen) atoms. The number of aliphatic carboxylic acids is 1. The molecule has 0 atom stereocenters. The molecule has 1 aliphatic heterocycles. The molecule has 5 heteroatoms. The Morgan fingerprint density at radius 1 is 1.09 bits per heavy atom. The largest absolute Gasteiger partial charge is 0.486 e. The van der Waals surface area contributed by atoms with Gasteiger partial charge in [-0.15, -0.1) is 0 Å². The number of rotatable bonds is 3. The first-order valence-corrected chi connectivity index (χ1v) is 6.74. The van der Waals surface area contributed by atoms with Gasteiger partial charge >= 0.3 is 5.97 Å². The Morgan fingerprint density at radius 3 is 2.59 bits per heavy atom. The van der Waals surface area contributed by atoms with E-state index in [1.807, 2.05) is 0 Å². The second-order valence-corrected chi connectivity index (χ2v) is 4.78. The summed E-state index contributed by atoms with van der Waals surface area (Å²) in [5.41, 5.74) is 1.01. The molecular formula is C17H13FO4. The lowest BCUT2D eigenvalue weighted by Gasteiger charge is -2.19. The van der Waals surface area contributed by atoms with E-state index in [2.05, 4.69) is 0 Å². The van der Waals surface area contributed by atoms with Crippen LogP contribution >= 0.6 is 0 Å². The molecule has 1 N–H and O–H groups in total. The second kappa shape index (κ2) is 5.89. The normalized spacial score (nSPS) is 13.8. The summed E-state index contributed by atoms with van der Waals surface area (Å²) < 4.78 is 24.1. The number of carboxylic acid groups (broad SMARTS) is 1. The van der Waals surface area contributed by atoms with E-state index in [0.29, 0.717) is 35.8 Å². The highest BCUT2D eigenvalue weighted by atomic mass is 19.1. The van der Waals surface area contributed by atoms with Gasteiger partial charge in [-0.2, -0.15) is 0 Å². The van der Waals surface area contributed by atoms with Crippen molar-refractivity contribution in [3.63, 3.8) is 0 Å². The summed E-state index contributed by atoms with van der Waals surface area (Å²) in [6.07, 6.45) is 1.43. The maximum atomic E-state index is 13.2. The quantitative estimate of drug-likeness (QED) is 0.698. The predicted octanol–water partition coefficient (Wildman–Crippen LogP) is 3.22. The zero-order valence-corrected chi connectivity index (χ0v) is 11.6. The number of halogens is 1. The standard InChI is InChI=1S/C17H13FO4/c18-13-3-1-2-11(8-13)9-14(17(19)20)12-4-5-15-16(10-12)22-7-6-21-15/h1-5,8-10H,6-7H2,(H,19,20)/b14-9-. The minimum Gasteiger partial charge on any atom is -0.486 e. The first-order valence-electron chi connectivity index (χ1n) is 6.74. The van der Waals surface area contributed by atoms with E-state index in [1.54, 1.807) is 24.3 Å². The number of carboxylic acids is 1. The van der Waals surface area contributed by atoms with Crippen LogP contribution in [0.4, 0.5) is 4.39 Å². The third-order valence-electron chi connectivity index (χ3n) is 3.24. The van der Waals surface area contributed by atoms with Gasteiger partial charge in [0.1, 0.15) is 19.0 Å². The molecule has 0 bridgehead atoms. The van der Waals surface area contributed by atoms with Gasteiger partial charge in [-0.25, -0.2) is 9.18 Å². The summed E-state index contributed by atoms with van der Waals surface area (Å²) >= 11 is 0. The number of benzene rings is 2. The van der Waals surface area contributed by atoms with Gasteiger partial charge in [-0.1, -0.05) is 18.2 Å². The molecule has 2 aromatic carbocycles. The Bertz CT molecular complexity index is 752. The van der Waals surface area contributed by atoms with Crippen molar-refractivity contribution >= 4 is 17.6 Å². The van der Waals surface area contributed by atoms with Crippen LogP contribution < -0.4 is 9.47 Å². The lowest BCUT2D eigenvalue weighted by atomic mass is 10.0. The number of hydrogen-bond acceptors (Lipinski definition) is 3. The predicted molar refractivity (Wildman–Crippen MR) is 79.3 cm³/mol. The number of carbonyl (C=O) groups is 1. The third-order valence-corrected chi connectivity index (χ3v) is 3.24. The Balaban J connectivity index is 2.03. The molecule has 0 aromatic heterocycles. The first-order chi connectivity index (χ1) is 10.6. The van der Waals surface area contributed by atoms with E-state index in [0.717, 1.165) is 0 Å². The van der Waals surface area contributed by atoms with Crippen LogP contribution in [0.25, 0.3) is 11.6 Å². The molecular weight excluding hydrogens is 287 g/mol. The highest BCUT2D eigenvalue weighted by Gasteiger charge is 2.16. The molecule has 112 valence electrons. The molecule has 0 saturated carbocycles. The third kappa shape index (κ3) is 2.93. The van der Waals surface area contributed by atoms with Gasteiger partial charge in [0.2, 0.25) is 0 Å². The summed E-state index contributed by atoms with van der Waals surface area (Å²) in [6.45, 7) is 0.893. The fourth-order valence-electron chi connectivity index (χ4n) is 2.24. The van der Waals surface area contributed by atoms with E-state index in [9.17, 15) is 14.3 Å². The topological polar surface area (TPSA) is 55.8 Å². The van der Waals surface area contributed by atoms with Crippen LogP contribution in [0, 0.1) is 5.82 Å². The molecule has 0 amide bonds.